The predicted molar refractivity (Wildman–Crippen MR) is 94.6 cm³/mol. The van der Waals surface area contributed by atoms with Crippen LogP contribution in [-0.2, 0) is 0 Å². The van der Waals surface area contributed by atoms with Crippen molar-refractivity contribution in [3.8, 4) is 34.2 Å². The monoisotopic (exact) mass is 327 g/mol. The molecule has 0 unspecified atom stereocenters. The van der Waals surface area contributed by atoms with Gasteiger partial charge in [-0.1, -0.05) is 41.6 Å². The van der Waals surface area contributed by atoms with Crippen LogP contribution in [0.2, 0.25) is 0 Å². The second-order valence-electron chi connectivity index (χ2n) is 5.74. The highest BCUT2D eigenvalue weighted by Crippen LogP contribution is 2.27. The first-order valence-corrected chi connectivity index (χ1v) is 7.89. The van der Waals surface area contributed by atoms with Crippen molar-refractivity contribution in [2.45, 2.75) is 0 Å². The second-order valence-corrected chi connectivity index (χ2v) is 5.74. The molecule has 0 saturated heterocycles. The molecule has 120 valence electrons. The van der Waals surface area contributed by atoms with Gasteiger partial charge in [0.15, 0.2) is 0 Å². The van der Waals surface area contributed by atoms with Crippen LogP contribution >= 0.6 is 0 Å². The van der Waals surface area contributed by atoms with Crippen molar-refractivity contribution < 1.29 is 4.52 Å². The third-order valence-corrected chi connectivity index (χ3v) is 4.12. The summed E-state index contributed by atoms with van der Waals surface area (Å²) in [6.07, 6.45) is 1.73. The first kappa shape index (κ1) is 13.7. The third kappa shape index (κ3) is 2.40. The Bertz CT molecular complexity index is 1120. The number of rotatable bonds is 3. The van der Waals surface area contributed by atoms with Crippen LogP contribution in [0.1, 0.15) is 0 Å². The number of fused-ring (bicyclic) bond motifs is 1. The summed E-state index contributed by atoms with van der Waals surface area (Å²) in [6, 6.07) is 19.9. The van der Waals surface area contributed by atoms with E-state index in [1.807, 2.05) is 60.7 Å². The van der Waals surface area contributed by atoms with Gasteiger partial charge in [0.1, 0.15) is 5.69 Å². The van der Waals surface area contributed by atoms with E-state index < -0.39 is 0 Å². The van der Waals surface area contributed by atoms with Crippen LogP contribution in [0.15, 0.2) is 71.4 Å². The largest absolute Gasteiger partial charge is 0.351 e. The summed E-state index contributed by atoms with van der Waals surface area (Å²) in [6.45, 7) is 0. The quantitative estimate of drug-likeness (QED) is 0.518. The van der Waals surface area contributed by atoms with Gasteiger partial charge < -0.3 is 9.51 Å². The molecule has 2 aromatic carbocycles. The number of H-pyrrole nitrogens is 2. The van der Waals surface area contributed by atoms with E-state index in [0.717, 1.165) is 33.4 Å². The minimum Gasteiger partial charge on any atom is -0.351 e. The number of hydrogen-bond acceptors (Lipinski definition) is 4. The average Bonchev–Trinajstić information content (AvgIpc) is 3.41. The number of aromatic nitrogens is 5. The Morgan fingerprint density at radius 1 is 0.840 bits per heavy atom. The van der Waals surface area contributed by atoms with Crippen molar-refractivity contribution in [1.29, 1.82) is 0 Å². The lowest BCUT2D eigenvalue weighted by atomic mass is 10.1. The van der Waals surface area contributed by atoms with Gasteiger partial charge in [-0.15, -0.1) is 0 Å². The molecule has 0 bridgehead atoms. The summed E-state index contributed by atoms with van der Waals surface area (Å²) in [5, 5.41) is 12.2. The number of para-hydroxylation sites is 1. The Morgan fingerprint density at radius 2 is 1.76 bits per heavy atom. The molecular formula is C19H13N5O. The fourth-order valence-corrected chi connectivity index (χ4v) is 2.88. The maximum atomic E-state index is 5.45. The molecule has 2 N–H and O–H groups in total. The van der Waals surface area contributed by atoms with Gasteiger partial charge in [-0.05, 0) is 24.3 Å². The van der Waals surface area contributed by atoms with Gasteiger partial charge in [0.25, 0.3) is 5.89 Å². The topological polar surface area (TPSA) is 83.4 Å². The van der Waals surface area contributed by atoms with Crippen molar-refractivity contribution in [3.05, 3.63) is 66.9 Å². The van der Waals surface area contributed by atoms with Gasteiger partial charge in [0.2, 0.25) is 5.82 Å². The molecule has 0 aliphatic rings. The molecule has 6 heteroatoms. The molecule has 3 aromatic heterocycles. The van der Waals surface area contributed by atoms with E-state index >= 15 is 0 Å². The van der Waals surface area contributed by atoms with Crippen molar-refractivity contribution >= 4 is 10.9 Å². The Labute approximate surface area is 142 Å². The SMILES string of the molecule is c1cc(-c2noc(-c3cc4ccccc4[nH]3)n2)cc(-c2ccn[nH]2)c1. The first-order chi connectivity index (χ1) is 12.4. The van der Waals surface area contributed by atoms with Crippen LogP contribution in [0.25, 0.3) is 45.1 Å². The van der Waals surface area contributed by atoms with Gasteiger partial charge in [-0.25, -0.2) is 0 Å². The molecule has 0 fully saturated rings. The summed E-state index contributed by atoms with van der Waals surface area (Å²) < 4.78 is 5.45. The molecular weight excluding hydrogens is 314 g/mol. The second kappa shape index (κ2) is 5.45. The highest BCUT2D eigenvalue weighted by molar-refractivity contribution is 5.84. The van der Waals surface area contributed by atoms with Crippen LogP contribution in [0.3, 0.4) is 0 Å². The van der Waals surface area contributed by atoms with E-state index in [1.165, 1.54) is 0 Å². The smallest absolute Gasteiger partial charge is 0.274 e. The molecule has 0 aliphatic heterocycles. The number of hydrogen-bond donors (Lipinski definition) is 2. The lowest BCUT2D eigenvalue weighted by Gasteiger charge is -1.99. The standard InChI is InChI=1S/C19H13N5O/c1-2-7-15-13(4-1)11-17(21-15)19-22-18(24-25-19)14-6-3-5-12(10-14)16-8-9-20-23-16/h1-11,21H,(H,20,23). The molecule has 0 atom stereocenters. The minimum absolute atomic E-state index is 0.471. The van der Waals surface area contributed by atoms with Crippen LogP contribution in [0, 0.1) is 0 Å². The number of benzene rings is 2. The van der Waals surface area contributed by atoms with Gasteiger partial charge in [-0.3, -0.25) is 5.10 Å². The molecule has 0 saturated carbocycles. The molecule has 25 heavy (non-hydrogen) atoms. The van der Waals surface area contributed by atoms with Crippen molar-refractivity contribution in [3.63, 3.8) is 0 Å². The summed E-state index contributed by atoms with van der Waals surface area (Å²) in [4.78, 5) is 7.83. The van der Waals surface area contributed by atoms with E-state index in [2.05, 4.69) is 25.3 Å². The molecule has 5 rings (SSSR count). The number of aromatic amines is 2. The van der Waals surface area contributed by atoms with Crippen molar-refractivity contribution in [2.75, 3.05) is 0 Å². The third-order valence-electron chi connectivity index (χ3n) is 4.12. The number of nitrogens with zero attached hydrogens (tertiary/aromatic N) is 3. The first-order valence-electron chi connectivity index (χ1n) is 7.89. The highest BCUT2D eigenvalue weighted by Gasteiger charge is 2.13. The van der Waals surface area contributed by atoms with Gasteiger partial charge in [0, 0.05) is 28.2 Å². The van der Waals surface area contributed by atoms with Crippen LogP contribution in [0.5, 0.6) is 0 Å². The fourth-order valence-electron chi connectivity index (χ4n) is 2.88. The molecule has 0 aliphatic carbocycles. The highest BCUT2D eigenvalue weighted by atomic mass is 16.5. The van der Waals surface area contributed by atoms with E-state index in [0.29, 0.717) is 11.7 Å². The zero-order valence-corrected chi connectivity index (χ0v) is 13.1. The Kier molecular flexibility index (Phi) is 3.00. The van der Waals surface area contributed by atoms with Crippen LogP contribution in [0.4, 0.5) is 0 Å². The number of nitrogens with one attached hydrogen (secondary N) is 2. The maximum Gasteiger partial charge on any atom is 0.274 e. The molecule has 5 aromatic rings. The zero-order chi connectivity index (χ0) is 16.6. The minimum atomic E-state index is 0.471. The summed E-state index contributed by atoms with van der Waals surface area (Å²) in [7, 11) is 0. The Hall–Kier alpha value is -3.67. The van der Waals surface area contributed by atoms with Crippen LogP contribution < -0.4 is 0 Å². The van der Waals surface area contributed by atoms with Gasteiger partial charge in [-0.2, -0.15) is 10.1 Å². The molecule has 3 heterocycles. The predicted octanol–water partition coefficient (Wildman–Crippen LogP) is 4.28. The van der Waals surface area contributed by atoms with Gasteiger partial charge in [0.05, 0.1) is 5.69 Å². The van der Waals surface area contributed by atoms with Crippen molar-refractivity contribution in [1.82, 2.24) is 25.3 Å². The molecule has 0 radical (unpaired) electrons. The van der Waals surface area contributed by atoms with E-state index in [1.54, 1.807) is 6.20 Å². The van der Waals surface area contributed by atoms with Crippen molar-refractivity contribution in [2.24, 2.45) is 0 Å². The summed E-state index contributed by atoms with van der Waals surface area (Å²) >= 11 is 0. The Balaban J connectivity index is 1.53. The normalized spacial score (nSPS) is 11.2. The average molecular weight is 327 g/mol. The van der Waals surface area contributed by atoms with E-state index in [4.69, 9.17) is 4.52 Å². The molecule has 0 spiro atoms. The van der Waals surface area contributed by atoms with Crippen LogP contribution in [-0.4, -0.2) is 25.3 Å². The Morgan fingerprint density at radius 3 is 2.64 bits per heavy atom. The molecule has 0 amide bonds. The van der Waals surface area contributed by atoms with E-state index in [9.17, 15) is 0 Å². The maximum absolute atomic E-state index is 5.45. The summed E-state index contributed by atoms with van der Waals surface area (Å²) in [5.41, 5.74) is 4.70. The zero-order valence-electron chi connectivity index (χ0n) is 13.1. The lowest BCUT2D eigenvalue weighted by molar-refractivity contribution is 0.431. The molecule has 6 nitrogen and oxygen atoms in total. The fraction of sp³-hybridized carbons (Fsp3) is 0. The summed E-state index contributed by atoms with van der Waals surface area (Å²) in [5.74, 6) is 1.02. The van der Waals surface area contributed by atoms with Gasteiger partial charge >= 0.3 is 0 Å². The lowest BCUT2D eigenvalue weighted by Crippen LogP contribution is -1.84. The van der Waals surface area contributed by atoms with E-state index in [-0.39, 0.29) is 0 Å².